The lowest BCUT2D eigenvalue weighted by atomic mass is 10.0. The third kappa shape index (κ3) is 3.31. The van der Waals surface area contributed by atoms with Crippen LogP contribution in [0.5, 0.6) is 0 Å². The van der Waals surface area contributed by atoms with Crippen molar-refractivity contribution in [3.8, 4) is 0 Å². The molecule has 0 spiro atoms. The second-order valence-corrected chi connectivity index (χ2v) is 5.71. The molecule has 1 saturated carbocycles. The minimum Gasteiger partial charge on any atom is -0.329 e. The quantitative estimate of drug-likeness (QED) is 0.859. The predicted octanol–water partition coefficient (Wildman–Crippen LogP) is 3.09. The van der Waals surface area contributed by atoms with Crippen LogP contribution in [0.25, 0.3) is 0 Å². The van der Waals surface area contributed by atoms with Crippen molar-refractivity contribution in [2.45, 2.75) is 38.8 Å². The van der Waals surface area contributed by atoms with Gasteiger partial charge in [-0.25, -0.2) is 8.78 Å². The Labute approximate surface area is 113 Å². The maximum Gasteiger partial charge on any atom is 0.130 e. The van der Waals surface area contributed by atoms with E-state index in [1.807, 2.05) is 0 Å². The summed E-state index contributed by atoms with van der Waals surface area (Å²) in [5, 5.41) is 0. The molecule has 0 saturated heterocycles. The molecule has 0 aromatic heterocycles. The Morgan fingerprint density at radius 3 is 2.26 bits per heavy atom. The second kappa shape index (κ2) is 5.97. The van der Waals surface area contributed by atoms with Crippen LogP contribution in [0.2, 0.25) is 0 Å². The first kappa shape index (κ1) is 14.4. The van der Waals surface area contributed by atoms with Crippen LogP contribution in [0.15, 0.2) is 18.2 Å². The number of nitrogens with zero attached hydrogens (tertiary/aromatic N) is 1. The van der Waals surface area contributed by atoms with E-state index in [9.17, 15) is 8.78 Å². The van der Waals surface area contributed by atoms with E-state index in [2.05, 4.69) is 18.7 Å². The fourth-order valence-corrected chi connectivity index (χ4v) is 2.61. The molecule has 0 radical (unpaired) electrons. The fraction of sp³-hybridized carbons (Fsp3) is 0.600. The van der Waals surface area contributed by atoms with E-state index in [0.717, 1.165) is 19.4 Å². The van der Waals surface area contributed by atoms with Crippen molar-refractivity contribution in [1.82, 2.24) is 4.90 Å². The van der Waals surface area contributed by atoms with Gasteiger partial charge in [0.25, 0.3) is 0 Å². The van der Waals surface area contributed by atoms with Gasteiger partial charge in [0.05, 0.1) is 6.04 Å². The lowest BCUT2D eigenvalue weighted by Crippen LogP contribution is -2.39. The average Bonchev–Trinajstić information content (AvgIpc) is 3.15. The monoisotopic (exact) mass is 268 g/mol. The average molecular weight is 268 g/mol. The Morgan fingerprint density at radius 1 is 1.26 bits per heavy atom. The topological polar surface area (TPSA) is 29.3 Å². The maximum atomic E-state index is 13.9. The highest BCUT2D eigenvalue weighted by atomic mass is 19.1. The molecule has 1 atom stereocenters. The zero-order valence-electron chi connectivity index (χ0n) is 11.6. The molecular weight excluding hydrogens is 246 g/mol. The van der Waals surface area contributed by atoms with Crippen LogP contribution in [0.4, 0.5) is 8.78 Å². The molecule has 1 fully saturated rings. The Kier molecular flexibility index (Phi) is 4.53. The molecule has 19 heavy (non-hydrogen) atoms. The van der Waals surface area contributed by atoms with E-state index in [0.29, 0.717) is 12.0 Å². The molecule has 0 aliphatic heterocycles. The van der Waals surface area contributed by atoms with Gasteiger partial charge in [0.1, 0.15) is 11.6 Å². The van der Waals surface area contributed by atoms with E-state index < -0.39 is 11.6 Å². The third-order valence-electron chi connectivity index (χ3n) is 3.55. The van der Waals surface area contributed by atoms with E-state index in [-0.39, 0.29) is 18.2 Å². The maximum absolute atomic E-state index is 13.9. The first-order chi connectivity index (χ1) is 9.04. The third-order valence-corrected chi connectivity index (χ3v) is 3.55. The Hall–Kier alpha value is -1.00. The van der Waals surface area contributed by atoms with Crippen LogP contribution >= 0.6 is 0 Å². The smallest absolute Gasteiger partial charge is 0.130 e. The van der Waals surface area contributed by atoms with Crippen LogP contribution in [-0.2, 0) is 0 Å². The fourth-order valence-electron chi connectivity index (χ4n) is 2.61. The van der Waals surface area contributed by atoms with Crippen molar-refractivity contribution >= 4 is 0 Å². The Balaban J connectivity index is 2.31. The van der Waals surface area contributed by atoms with Gasteiger partial charge < -0.3 is 5.73 Å². The van der Waals surface area contributed by atoms with Gasteiger partial charge >= 0.3 is 0 Å². The first-order valence-electron chi connectivity index (χ1n) is 6.94. The number of benzene rings is 1. The Bertz CT molecular complexity index is 410. The van der Waals surface area contributed by atoms with E-state index in [1.165, 1.54) is 18.2 Å². The first-order valence-corrected chi connectivity index (χ1v) is 6.94. The molecule has 0 amide bonds. The van der Waals surface area contributed by atoms with Gasteiger partial charge in [-0.15, -0.1) is 0 Å². The lowest BCUT2D eigenvalue weighted by molar-refractivity contribution is 0.163. The van der Waals surface area contributed by atoms with Gasteiger partial charge in [-0.1, -0.05) is 19.9 Å². The highest BCUT2D eigenvalue weighted by Gasteiger charge is 2.36. The van der Waals surface area contributed by atoms with Crippen molar-refractivity contribution in [1.29, 1.82) is 0 Å². The molecule has 1 unspecified atom stereocenters. The van der Waals surface area contributed by atoms with E-state index in [4.69, 9.17) is 5.73 Å². The SMILES string of the molecule is CC(C)CN(C1CC1)C(CN)c1c(F)cccc1F. The van der Waals surface area contributed by atoms with E-state index >= 15 is 0 Å². The molecular formula is C15H22F2N2. The van der Waals surface area contributed by atoms with Crippen LogP contribution in [0, 0.1) is 17.6 Å². The summed E-state index contributed by atoms with van der Waals surface area (Å²) in [5.41, 5.74) is 5.93. The summed E-state index contributed by atoms with van der Waals surface area (Å²) >= 11 is 0. The van der Waals surface area contributed by atoms with E-state index in [1.54, 1.807) is 0 Å². The summed E-state index contributed by atoms with van der Waals surface area (Å²) < 4.78 is 27.9. The van der Waals surface area contributed by atoms with Crippen molar-refractivity contribution < 1.29 is 8.78 Å². The Morgan fingerprint density at radius 2 is 1.84 bits per heavy atom. The summed E-state index contributed by atoms with van der Waals surface area (Å²) in [5.74, 6) is -0.542. The molecule has 1 aliphatic rings. The van der Waals surface area contributed by atoms with Crippen molar-refractivity contribution in [2.75, 3.05) is 13.1 Å². The summed E-state index contributed by atoms with van der Waals surface area (Å²) in [7, 11) is 0. The number of hydrogen-bond acceptors (Lipinski definition) is 2. The van der Waals surface area contributed by atoms with Gasteiger partial charge in [-0.05, 0) is 30.9 Å². The van der Waals surface area contributed by atoms with Crippen molar-refractivity contribution in [3.05, 3.63) is 35.4 Å². The van der Waals surface area contributed by atoms with Crippen LogP contribution in [0.3, 0.4) is 0 Å². The van der Waals surface area contributed by atoms with Crippen LogP contribution < -0.4 is 5.73 Å². The highest BCUT2D eigenvalue weighted by Crippen LogP contribution is 2.36. The second-order valence-electron chi connectivity index (χ2n) is 5.71. The number of nitrogens with two attached hydrogens (primary N) is 1. The summed E-state index contributed by atoms with van der Waals surface area (Å²) in [4.78, 5) is 2.17. The van der Waals surface area contributed by atoms with Crippen LogP contribution in [0.1, 0.15) is 38.3 Å². The van der Waals surface area contributed by atoms with Crippen molar-refractivity contribution in [2.24, 2.45) is 11.7 Å². The summed E-state index contributed by atoms with van der Waals surface area (Å²) in [6.45, 7) is 5.28. The molecule has 2 nitrogen and oxygen atoms in total. The molecule has 106 valence electrons. The molecule has 2 N–H and O–H groups in total. The van der Waals surface area contributed by atoms with Crippen molar-refractivity contribution in [3.63, 3.8) is 0 Å². The molecule has 1 aromatic rings. The predicted molar refractivity (Wildman–Crippen MR) is 72.7 cm³/mol. The highest BCUT2D eigenvalue weighted by molar-refractivity contribution is 5.24. The van der Waals surface area contributed by atoms with Gasteiger partial charge in [0, 0.05) is 24.7 Å². The van der Waals surface area contributed by atoms with Gasteiger partial charge in [0.15, 0.2) is 0 Å². The molecule has 1 aromatic carbocycles. The zero-order valence-corrected chi connectivity index (χ0v) is 11.6. The molecule has 4 heteroatoms. The largest absolute Gasteiger partial charge is 0.329 e. The molecule has 0 bridgehead atoms. The summed E-state index contributed by atoms with van der Waals surface area (Å²) in [6, 6.07) is 4.07. The normalized spacial score (nSPS) is 17.2. The molecule has 2 rings (SSSR count). The van der Waals surface area contributed by atoms with Gasteiger partial charge in [-0.3, -0.25) is 4.90 Å². The van der Waals surface area contributed by atoms with Gasteiger partial charge in [0.2, 0.25) is 0 Å². The summed E-state index contributed by atoms with van der Waals surface area (Å²) in [6.07, 6.45) is 2.19. The standard InChI is InChI=1S/C15H22F2N2/c1-10(2)9-19(11-6-7-11)14(8-18)15-12(16)4-3-5-13(15)17/h3-5,10-11,14H,6-9,18H2,1-2H3. The number of hydrogen-bond donors (Lipinski definition) is 1. The number of halogens is 2. The van der Waals surface area contributed by atoms with Crippen LogP contribution in [-0.4, -0.2) is 24.0 Å². The number of rotatable bonds is 6. The zero-order chi connectivity index (χ0) is 14.0. The lowest BCUT2D eigenvalue weighted by Gasteiger charge is -2.33. The minimum absolute atomic E-state index is 0.123. The molecule has 0 heterocycles. The minimum atomic E-state index is -0.496. The van der Waals surface area contributed by atoms with Gasteiger partial charge in [-0.2, -0.15) is 0 Å². The molecule has 1 aliphatic carbocycles.